The van der Waals surface area contributed by atoms with Crippen molar-refractivity contribution in [2.45, 2.75) is 13.3 Å². The molecule has 4 rings (SSSR count). The van der Waals surface area contributed by atoms with E-state index >= 15 is 0 Å². The second-order valence-electron chi connectivity index (χ2n) is 7.16. The number of nitrogens with zero attached hydrogens (tertiary/aromatic N) is 3. The molecular weight excluding hydrogens is 350 g/mol. The van der Waals surface area contributed by atoms with Gasteiger partial charge in [0, 0.05) is 38.4 Å². The summed E-state index contributed by atoms with van der Waals surface area (Å²) in [6.45, 7) is 5.54. The summed E-state index contributed by atoms with van der Waals surface area (Å²) in [5.74, 6) is -0.322. The average molecular weight is 375 g/mol. The number of amides is 2. The summed E-state index contributed by atoms with van der Waals surface area (Å²) in [6, 6.07) is 19.9. The molecule has 2 aromatic rings. The summed E-state index contributed by atoms with van der Waals surface area (Å²) >= 11 is 0. The maximum atomic E-state index is 13.1. The van der Waals surface area contributed by atoms with Crippen molar-refractivity contribution in [3.05, 3.63) is 71.9 Å². The zero-order valence-electron chi connectivity index (χ0n) is 16.2. The molecule has 0 spiro atoms. The predicted molar refractivity (Wildman–Crippen MR) is 111 cm³/mol. The summed E-state index contributed by atoms with van der Waals surface area (Å²) < 4.78 is 0. The van der Waals surface area contributed by atoms with Gasteiger partial charge in [-0.15, -0.1) is 0 Å². The van der Waals surface area contributed by atoms with Gasteiger partial charge >= 0.3 is 0 Å². The Morgan fingerprint density at radius 1 is 0.750 bits per heavy atom. The highest BCUT2D eigenvalue weighted by Crippen LogP contribution is 2.32. The molecule has 2 amide bonds. The third kappa shape index (κ3) is 3.28. The number of anilines is 1. The molecule has 0 aliphatic carbocycles. The fraction of sp³-hybridized carbons (Fsp3) is 0.304. The van der Waals surface area contributed by atoms with E-state index in [2.05, 4.69) is 21.9 Å². The van der Waals surface area contributed by atoms with Crippen LogP contribution in [0.4, 0.5) is 5.69 Å². The first-order chi connectivity index (χ1) is 13.7. The summed E-state index contributed by atoms with van der Waals surface area (Å²) in [5, 5.41) is 0. The number of carbonyl (C=O) groups is 2. The molecule has 0 N–H and O–H groups in total. The van der Waals surface area contributed by atoms with E-state index in [0.29, 0.717) is 17.8 Å². The Morgan fingerprint density at radius 2 is 1.32 bits per heavy atom. The molecular formula is C23H25N3O2. The van der Waals surface area contributed by atoms with E-state index in [1.807, 2.05) is 55.5 Å². The lowest BCUT2D eigenvalue weighted by Gasteiger charge is -2.37. The first-order valence-corrected chi connectivity index (χ1v) is 9.91. The van der Waals surface area contributed by atoms with Crippen molar-refractivity contribution in [1.82, 2.24) is 9.80 Å². The van der Waals surface area contributed by atoms with Crippen molar-refractivity contribution >= 4 is 23.1 Å². The molecule has 28 heavy (non-hydrogen) atoms. The Kier molecular flexibility index (Phi) is 5.15. The summed E-state index contributed by atoms with van der Waals surface area (Å²) in [5.41, 5.74) is 3.13. The molecule has 0 saturated carbocycles. The van der Waals surface area contributed by atoms with Gasteiger partial charge in [0.1, 0.15) is 5.70 Å². The molecule has 0 aromatic heterocycles. The lowest BCUT2D eigenvalue weighted by Crippen LogP contribution is -2.47. The molecule has 0 atom stereocenters. The zero-order valence-corrected chi connectivity index (χ0v) is 16.2. The molecule has 144 valence electrons. The van der Waals surface area contributed by atoms with Crippen LogP contribution in [-0.2, 0) is 9.59 Å². The summed E-state index contributed by atoms with van der Waals surface area (Å²) in [4.78, 5) is 32.0. The quantitative estimate of drug-likeness (QED) is 0.754. The van der Waals surface area contributed by atoms with Crippen LogP contribution in [0, 0.1) is 0 Å². The summed E-state index contributed by atoms with van der Waals surface area (Å²) in [7, 11) is 0. The van der Waals surface area contributed by atoms with Crippen LogP contribution >= 0.6 is 0 Å². The van der Waals surface area contributed by atoms with Gasteiger partial charge in [-0.3, -0.25) is 14.5 Å². The molecule has 2 heterocycles. The SMILES string of the molecule is CCCN1C(=O)C(c2ccccc2)=C(N2CCN(c3ccccc3)CC2)C1=O. The van der Waals surface area contributed by atoms with Crippen molar-refractivity contribution in [2.75, 3.05) is 37.6 Å². The average Bonchev–Trinajstić information content (AvgIpc) is 3.00. The Morgan fingerprint density at radius 3 is 1.93 bits per heavy atom. The first-order valence-electron chi connectivity index (χ1n) is 9.91. The first kappa shape index (κ1) is 18.3. The Bertz CT molecular complexity index is 885. The lowest BCUT2D eigenvalue weighted by molar-refractivity contribution is -0.137. The minimum Gasteiger partial charge on any atom is -0.368 e. The summed E-state index contributed by atoms with van der Waals surface area (Å²) in [6.07, 6.45) is 0.759. The van der Waals surface area contributed by atoms with Gasteiger partial charge in [0.25, 0.3) is 11.8 Å². The van der Waals surface area contributed by atoms with Crippen LogP contribution in [0.15, 0.2) is 66.4 Å². The normalized spacial score (nSPS) is 17.7. The molecule has 5 heteroatoms. The molecule has 0 radical (unpaired) electrons. The molecule has 0 unspecified atom stereocenters. The van der Waals surface area contributed by atoms with Crippen LogP contribution < -0.4 is 4.90 Å². The van der Waals surface area contributed by atoms with Crippen LogP contribution in [0.2, 0.25) is 0 Å². The second-order valence-corrected chi connectivity index (χ2v) is 7.16. The van der Waals surface area contributed by atoms with Gasteiger partial charge in [0.2, 0.25) is 0 Å². The number of benzene rings is 2. The molecule has 1 fully saturated rings. The van der Waals surface area contributed by atoms with Crippen LogP contribution in [0.25, 0.3) is 5.57 Å². The number of piperazine rings is 1. The fourth-order valence-corrected chi connectivity index (χ4v) is 3.98. The van der Waals surface area contributed by atoms with Gasteiger partial charge in [-0.2, -0.15) is 0 Å². The van der Waals surface area contributed by atoms with Crippen molar-refractivity contribution in [3.63, 3.8) is 0 Å². The van der Waals surface area contributed by atoms with E-state index < -0.39 is 0 Å². The predicted octanol–water partition coefficient (Wildman–Crippen LogP) is 3.00. The van der Waals surface area contributed by atoms with Gasteiger partial charge in [-0.05, 0) is 24.1 Å². The molecule has 0 bridgehead atoms. The third-order valence-electron chi connectivity index (χ3n) is 5.37. The maximum Gasteiger partial charge on any atom is 0.277 e. The van der Waals surface area contributed by atoms with Gasteiger partial charge in [-0.1, -0.05) is 55.5 Å². The van der Waals surface area contributed by atoms with Gasteiger partial charge in [-0.25, -0.2) is 0 Å². The second kappa shape index (κ2) is 7.89. The third-order valence-corrected chi connectivity index (χ3v) is 5.37. The Hall–Kier alpha value is -3.08. The molecule has 2 aromatic carbocycles. The van der Waals surface area contributed by atoms with Gasteiger partial charge in [0.05, 0.1) is 5.57 Å². The van der Waals surface area contributed by atoms with E-state index in [1.165, 1.54) is 10.6 Å². The van der Waals surface area contributed by atoms with Crippen LogP contribution in [-0.4, -0.2) is 54.3 Å². The number of imide groups is 1. The lowest BCUT2D eigenvalue weighted by atomic mass is 10.0. The number of carbonyl (C=O) groups excluding carboxylic acids is 2. The zero-order chi connectivity index (χ0) is 19.5. The number of hydrogen-bond acceptors (Lipinski definition) is 4. The van der Waals surface area contributed by atoms with Crippen molar-refractivity contribution in [2.24, 2.45) is 0 Å². The van der Waals surface area contributed by atoms with E-state index in [1.54, 1.807) is 0 Å². The fourth-order valence-electron chi connectivity index (χ4n) is 3.98. The minimum absolute atomic E-state index is 0.154. The van der Waals surface area contributed by atoms with E-state index in [4.69, 9.17) is 0 Å². The molecule has 2 aliphatic heterocycles. The van der Waals surface area contributed by atoms with Crippen molar-refractivity contribution in [3.8, 4) is 0 Å². The number of hydrogen-bond donors (Lipinski definition) is 0. The number of para-hydroxylation sites is 1. The largest absolute Gasteiger partial charge is 0.368 e. The standard InChI is InChI=1S/C23H25N3O2/c1-2-13-26-22(27)20(18-9-5-3-6-10-18)21(23(26)28)25-16-14-24(15-17-25)19-11-7-4-8-12-19/h3-12H,2,13-17H2,1H3. The monoisotopic (exact) mass is 375 g/mol. The Balaban J connectivity index is 1.62. The highest BCUT2D eigenvalue weighted by atomic mass is 16.2. The van der Waals surface area contributed by atoms with Crippen molar-refractivity contribution < 1.29 is 9.59 Å². The van der Waals surface area contributed by atoms with Gasteiger partial charge < -0.3 is 9.80 Å². The Labute approximate surface area is 165 Å². The smallest absolute Gasteiger partial charge is 0.277 e. The molecule has 2 aliphatic rings. The highest BCUT2D eigenvalue weighted by Gasteiger charge is 2.41. The topological polar surface area (TPSA) is 43.9 Å². The molecule has 1 saturated heterocycles. The molecule has 5 nitrogen and oxygen atoms in total. The highest BCUT2D eigenvalue weighted by molar-refractivity contribution is 6.35. The van der Waals surface area contributed by atoms with Crippen LogP contribution in [0.3, 0.4) is 0 Å². The van der Waals surface area contributed by atoms with Crippen LogP contribution in [0.5, 0.6) is 0 Å². The minimum atomic E-state index is -0.168. The maximum absolute atomic E-state index is 13.1. The van der Waals surface area contributed by atoms with E-state index in [0.717, 1.165) is 38.2 Å². The van der Waals surface area contributed by atoms with E-state index in [9.17, 15) is 9.59 Å². The van der Waals surface area contributed by atoms with Gasteiger partial charge in [0.15, 0.2) is 0 Å². The van der Waals surface area contributed by atoms with Crippen molar-refractivity contribution in [1.29, 1.82) is 0 Å². The number of rotatable bonds is 5. The van der Waals surface area contributed by atoms with Crippen LogP contribution in [0.1, 0.15) is 18.9 Å². The van der Waals surface area contributed by atoms with E-state index in [-0.39, 0.29) is 11.8 Å².